The maximum atomic E-state index is 15.1. The van der Waals surface area contributed by atoms with Gasteiger partial charge < -0.3 is 0 Å². The second kappa shape index (κ2) is 5.46. The van der Waals surface area contributed by atoms with Gasteiger partial charge in [0.25, 0.3) is 0 Å². The fraction of sp³-hybridized carbons (Fsp3) is 0. The van der Waals surface area contributed by atoms with Crippen LogP contribution in [0.4, 0.5) is 8.78 Å². The molecule has 0 N–H and O–H groups in total. The number of halogens is 2. The molecule has 0 atom stereocenters. The van der Waals surface area contributed by atoms with Crippen LogP contribution in [0.2, 0.25) is 0 Å². The zero-order valence-corrected chi connectivity index (χ0v) is 14.7. The van der Waals surface area contributed by atoms with Crippen LogP contribution >= 0.6 is 0 Å². The third-order valence-electron chi connectivity index (χ3n) is 5.61. The van der Waals surface area contributed by atoms with Crippen LogP contribution < -0.4 is 0 Å². The minimum Gasteiger partial charge on any atom is -0.256 e. The van der Waals surface area contributed by atoms with Crippen LogP contribution in [0.5, 0.6) is 0 Å². The summed E-state index contributed by atoms with van der Waals surface area (Å²) in [5.41, 5.74) is 0.834. The Labute approximate surface area is 158 Å². The molecule has 3 heteroatoms. The van der Waals surface area contributed by atoms with Crippen molar-refractivity contribution in [2.45, 2.75) is 0 Å². The molecule has 6 aromatic rings. The topological polar surface area (TPSA) is 12.9 Å². The molecule has 0 fully saturated rings. The first-order valence-corrected chi connectivity index (χ1v) is 9.12. The number of aromatic nitrogens is 1. The number of hydrogen-bond donors (Lipinski definition) is 0. The summed E-state index contributed by atoms with van der Waals surface area (Å²) in [6.07, 6.45) is 1.74. The number of fused-ring (bicyclic) bond motifs is 9. The summed E-state index contributed by atoms with van der Waals surface area (Å²) in [4.78, 5) is 4.45. The SMILES string of the molecule is Fc1c(F)c2ccc3ccc4ncccc4c3c2c2c1ccc1ccccc12. The number of rotatable bonds is 0. The molecular weight excluding hydrogens is 352 g/mol. The van der Waals surface area contributed by atoms with Gasteiger partial charge in [0, 0.05) is 33.1 Å². The Balaban J connectivity index is 2.07. The van der Waals surface area contributed by atoms with Crippen molar-refractivity contribution in [3.63, 3.8) is 0 Å². The van der Waals surface area contributed by atoms with E-state index in [0.29, 0.717) is 10.8 Å². The van der Waals surface area contributed by atoms with E-state index in [1.807, 2.05) is 60.7 Å². The third-order valence-corrected chi connectivity index (χ3v) is 5.61. The summed E-state index contributed by atoms with van der Waals surface area (Å²) in [5, 5.41) is 6.82. The first-order valence-electron chi connectivity index (χ1n) is 9.12. The molecule has 0 spiro atoms. The third kappa shape index (κ3) is 1.91. The molecular formula is C25H13F2N. The van der Waals surface area contributed by atoms with Gasteiger partial charge in [0.15, 0.2) is 11.6 Å². The highest BCUT2D eigenvalue weighted by molar-refractivity contribution is 6.31. The van der Waals surface area contributed by atoms with Crippen LogP contribution in [0.25, 0.3) is 54.0 Å². The summed E-state index contributed by atoms with van der Waals surface area (Å²) in [5.74, 6) is -1.61. The van der Waals surface area contributed by atoms with Gasteiger partial charge in [-0.3, -0.25) is 4.98 Å². The molecule has 0 bridgehead atoms. The Hall–Kier alpha value is -3.59. The average Bonchev–Trinajstić information content (AvgIpc) is 2.76. The summed E-state index contributed by atoms with van der Waals surface area (Å²) in [6.45, 7) is 0. The van der Waals surface area contributed by atoms with Crippen LogP contribution in [0.15, 0.2) is 79.0 Å². The van der Waals surface area contributed by atoms with Crippen molar-refractivity contribution in [3.05, 3.63) is 90.6 Å². The van der Waals surface area contributed by atoms with Crippen molar-refractivity contribution >= 4 is 54.0 Å². The van der Waals surface area contributed by atoms with Crippen LogP contribution in [0, 0.1) is 11.6 Å². The molecule has 0 unspecified atom stereocenters. The molecule has 132 valence electrons. The minimum atomic E-state index is -0.805. The molecule has 0 saturated heterocycles. The second-order valence-electron chi connectivity index (χ2n) is 7.06. The molecule has 28 heavy (non-hydrogen) atoms. The van der Waals surface area contributed by atoms with Crippen molar-refractivity contribution in [3.8, 4) is 0 Å². The van der Waals surface area contributed by atoms with Gasteiger partial charge in [-0.15, -0.1) is 0 Å². The van der Waals surface area contributed by atoms with Crippen molar-refractivity contribution in [2.75, 3.05) is 0 Å². The summed E-state index contributed by atoms with van der Waals surface area (Å²) >= 11 is 0. The molecule has 0 radical (unpaired) electrons. The number of hydrogen-bond acceptors (Lipinski definition) is 1. The fourth-order valence-corrected chi connectivity index (χ4v) is 4.38. The number of pyridine rings is 1. The molecule has 6 rings (SSSR count). The molecule has 1 nitrogen and oxygen atoms in total. The molecule has 5 aromatic carbocycles. The van der Waals surface area contributed by atoms with Crippen molar-refractivity contribution < 1.29 is 8.78 Å². The highest BCUT2D eigenvalue weighted by Gasteiger charge is 2.19. The lowest BCUT2D eigenvalue weighted by Crippen LogP contribution is -1.93. The number of nitrogens with zero attached hydrogens (tertiary/aromatic N) is 1. The van der Waals surface area contributed by atoms with Crippen molar-refractivity contribution in [2.24, 2.45) is 0 Å². The van der Waals surface area contributed by atoms with Gasteiger partial charge >= 0.3 is 0 Å². The van der Waals surface area contributed by atoms with E-state index in [-0.39, 0.29) is 0 Å². The lowest BCUT2D eigenvalue weighted by atomic mass is 9.91. The molecule has 0 amide bonds. The van der Waals surface area contributed by atoms with Crippen LogP contribution in [0.1, 0.15) is 0 Å². The van der Waals surface area contributed by atoms with E-state index in [4.69, 9.17) is 0 Å². The van der Waals surface area contributed by atoms with E-state index in [9.17, 15) is 4.39 Å². The Morgan fingerprint density at radius 2 is 1.18 bits per heavy atom. The summed E-state index contributed by atoms with van der Waals surface area (Å²) in [6, 6.07) is 22.7. The van der Waals surface area contributed by atoms with E-state index in [1.165, 1.54) is 0 Å². The lowest BCUT2D eigenvalue weighted by Gasteiger charge is -2.14. The van der Waals surface area contributed by atoms with Crippen LogP contribution in [-0.2, 0) is 0 Å². The Bertz CT molecular complexity index is 1580. The van der Waals surface area contributed by atoms with Crippen LogP contribution in [-0.4, -0.2) is 4.98 Å². The molecule has 0 aliphatic carbocycles. The smallest absolute Gasteiger partial charge is 0.167 e. The van der Waals surface area contributed by atoms with Gasteiger partial charge in [-0.1, -0.05) is 60.7 Å². The van der Waals surface area contributed by atoms with Gasteiger partial charge in [-0.2, -0.15) is 0 Å². The zero-order valence-electron chi connectivity index (χ0n) is 14.7. The van der Waals surface area contributed by atoms with E-state index >= 15 is 4.39 Å². The van der Waals surface area contributed by atoms with E-state index in [0.717, 1.165) is 43.2 Å². The fourth-order valence-electron chi connectivity index (χ4n) is 4.38. The highest BCUT2D eigenvalue weighted by atomic mass is 19.2. The largest absolute Gasteiger partial charge is 0.256 e. The number of benzene rings is 5. The zero-order chi connectivity index (χ0) is 18.8. The first-order chi connectivity index (χ1) is 13.7. The maximum absolute atomic E-state index is 15.1. The maximum Gasteiger partial charge on any atom is 0.167 e. The first kappa shape index (κ1) is 15.5. The van der Waals surface area contributed by atoms with Gasteiger partial charge in [-0.05, 0) is 33.7 Å². The Kier molecular flexibility index (Phi) is 3.01. The molecule has 0 aliphatic heterocycles. The normalized spacial score (nSPS) is 11.9. The summed E-state index contributed by atoms with van der Waals surface area (Å²) < 4.78 is 30.0. The van der Waals surface area contributed by atoms with E-state index in [2.05, 4.69) is 4.98 Å². The van der Waals surface area contributed by atoms with Crippen molar-refractivity contribution in [1.82, 2.24) is 4.98 Å². The molecule has 1 heterocycles. The molecule has 1 aromatic heterocycles. The lowest BCUT2D eigenvalue weighted by molar-refractivity contribution is 0.525. The van der Waals surface area contributed by atoms with Crippen molar-refractivity contribution in [1.29, 1.82) is 0 Å². The predicted molar refractivity (Wildman–Crippen MR) is 112 cm³/mol. The Morgan fingerprint density at radius 1 is 0.500 bits per heavy atom. The van der Waals surface area contributed by atoms with Crippen LogP contribution in [0.3, 0.4) is 0 Å². The monoisotopic (exact) mass is 365 g/mol. The molecule has 0 saturated carbocycles. The second-order valence-corrected chi connectivity index (χ2v) is 7.06. The van der Waals surface area contributed by atoms with Gasteiger partial charge in [0.1, 0.15) is 0 Å². The van der Waals surface area contributed by atoms with E-state index < -0.39 is 11.6 Å². The van der Waals surface area contributed by atoms with Gasteiger partial charge in [-0.25, -0.2) is 8.78 Å². The predicted octanol–water partition coefficient (Wildman–Crippen LogP) is 7.13. The molecule has 0 aliphatic rings. The van der Waals surface area contributed by atoms with Gasteiger partial charge in [0.05, 0.1) is 5.52 Å². The minimum absolute atomic E-state index is 0.296. The standard InChI is InChI=1S/C25H13F2N/c26-24-18-10-7-14-4-1-2-5-16(14)22(18)23-19(25(24)27)11-8-15-9-12-20-17(21(15)23)6-3-13-28-20/h1-13H. The summed E-state index contributed by atoms with van der Waals surface area (Å²) in [7, 11) is 0. The quantitative estimate of drug-likeness (QED) is 0.261. The average molecular weight is 365 g/mol. The van der Waals surface area contributed by atoms with E-state index in [1.54, 1.807) is 18.3 Å². The highest BCUT2D eigenvalue weighted by Crippen LogP contribution is 2.41. The van der Waals surface area contributed by atoms with Gasteiger partial charge in [0.2, 0.25) is 0 Å². The Morgan fingerprint density at radius 3 is 2.04 bits per heavy atom.